The zero-order chi connectivity index (χ0) is 15.1. The summed E-state index contributed by atoms with van der Waals surface area (Å²) in [6.45, 7) is 3.20. The zero-order valence-corrected chi connectivity index (χ0v) is 13.2. The molecule has 0 bridgehead atoms. The van der Waals surface area contributed by atoms with Crippen LogP contribution in [0, 0.1) is 6.92 Å². The van der Waals surface area contributed by atoms with Gasteiger partial charge >= 0.3 is 0 Å². The van der Waals surface area contributed by atoms with Gasteiger partial charge in [0.05, 0.1) is 18.9 Å². The topological polar surface area (TPSA) is 42.7 Å². The molecular weight excluding hydrogens is 298 g/mol. The van der Waals surface area contributed by atoms with E-state index in [0.717, 1.165) is 30.3 Å². The molecule has 0 aliphatic carbocycles. The van der Waals surface area contributed by atoms with Crippen molar-refractivity contribution in [3.63, 3.8) is 0 Å². The van der Waals surface area contributed by atoms with Gasteiger partial charge in [0.2, 0.25) is 5.91 Å². The summed E-state index contributed by atoms with van der Waals surface area (Å²) >= 11 is 1.68. The number of thioether (sulfide) groups is 1. The third-order valence-corrected chi connectivity index (χ3v) is 5.34. The Hall–Kier alpha value is -1.88. The van der Waals surface area contributed by atoms with Gasteiger partial charge < -0.3 is 14.1 Å². The number of amides is 1. The van der Waals surface area contributed by atoms with Gasteiger partial charge in [-0.15, -0.1) is 11.8 Å². The van der Waals surface area contributed by atoms with Crippen LogP contribution in [0.1, 0.15) is 28.0 Å². The van der Waals surface area contributed by atoms with E-state index in [2.05, 4.69) is 12.1 Å². The van der Waals surface area contributed by atoms with Crippen LogP contribution in [0.5, 0.6) is 5.75 Å². The van der Waals surface area contributed by atoms with E-state index in [-0.39, 0.29) is 11.3 Å². The molecule has 0 saturated carbocycles. The molecule has 1 fully saturated rings. The lowest BCUT2D eigenvalue weighted by molar-refractivity contribution is -0.128. The van der Waals surface area contributed by atoms with E-state index in [1.807, 2.05) is 30.0 Å². The van der Waals surface area contributed by atoms with Crippen molar-refractivity contribution in [1.82, 2.24) is 4.90 Å². The number of benzene rings is 1. The Morgan fingerprint density at radius 2 is 2.23 bits per heavy atom. The molecule has 0 N–H and O–H groups in total. The smallest absolute Gasteiger partial charge is 0.234 e. The fourth-order valence-corrected chi connectivity index (χ4v) is 4.18. The van der Waals surface area contributed by atoms with Crippen molar-refractivity contribution in [2.24, 2.45) is 0 Å². The number of hydrogen-bond acceptors (Lipinski definition) is 4. The van der Waals surface area contributed by atoms with Crippen molar-refractivity contribution in [1.29, 1.82) is 0 Å². The summed E-state index contributed by atoms with van der Waals surface area (Å²) in [5.74, 6) is 3.38. The monoisotopic (exact) mass is 315 g/mol. The average Bonchev–Trinajstić information content (AvgIpc) is 3.21. The van der Waals surface area contributed by atoms with Gasteiger partial charge in [-0.25, -0.2) is 0 Å². The molecule has 1 aromatic heterocycles. The molecule has 1 atom stereocenters. The molecule has 114 valence electrons. The average molecular weight is 315 g/mol. The molecule has 5 heteroatoms. The summed E-state index contributed by atoms with van der Waals surface area (Å²) in [7, 11) is 0. The summed E-state index contributed by atoms with van der Waals surface area (Å²) < 4.78 is 11.2. The van der Waals surface area contributed by atoms with Gasteiger partial charge in [0, 0.05) is 6.42 Å². The van der Waals surface area contributed by atoms with Crippen LogP contribution in [0.3, 0.4) is 0 Å². The van der Waals surface area contributed by atoms with Crippen LogP contribution in [0.4, 0.5) is 0 Å². The number of ether oxygens (including phenoxy) is 1. The van der Waals surface area contributed by atoms with E-state index in [1.165, 1.54) is 11.1 Å². The summed E-state index contributed by atoms with van der Waals surface area (Å²) in [6, 6.07) is 10.2. The largest absolute Gasteiger partial charge is 0.493 e. The van der Waals surface area contributed by atoms with Crippen molar-refractivity contribution in [2.75, 3.05) is 12.4 Å². The maximum atomic E-state index is 12.2. The van der Waals surface area contributed by atoms with Gasteiger partial charge in [0.25, 0.3) is 0 Å². The normalized spacial score (nSPS) is 20.3. The van der Waals surface area contributed by atoms with Crippen molar-refractivity contribution in [3.05, 3.63) is 53.0 Å². The Bertz CT molecular complexity index is 724. The number of furan rings is 1. The third kappa shape index (κ3) is 2.39. The summed E-state index contributed by atoms with van der Waals surface area (Å²) in [5, 5.41) is 0.0591. The first kappa shape index (κ1) is 13.8. The predicted molar refractivity (Wildman–Crippen MR) is 84.8 cm³/mol. The lowest BCUT2D eigenvalue weighted by Crippen LogP contribution is -2.27. The second-order valence-electron chi connectivity index (χ2n) is 5.66. The van der Waals surface area contributed by atoms with Crippen molar-refractivity contribution < 1.29 is 13.9 Å². The first-order chi connectivity index (χ1) is 10.7. The SMILES string of the molecule is Cc1ccc(CN2C(=O)CSC2c2ccc3c(c2)CCO3)o1. The van der Waals surface area contributed by atoms with Crippen LogP contribution < -0.4 is 4.74 Å². The summed E-state index contributed by atoms with van der Waals surface area (Å²) in [4.78, 5) is 14.1. The molecule has 0 spiro atoms. The molecule has 1 unspecified atom stereocenters. The number of carbonyl (C=O) groups is 1. The molecule has 4 nitrogen and oxygen atoms in total. The fourth-order valence-electron chi connectivity index (χ4n) is 3.00. The number of nitrogens with zero attached hydrogens (tertiary/aromatic N) is 1. The lowest BCUT2D eigenvalue weighted by atomic mass is 10.1. The zero-order valence-electron chi connectivity index (χ0n) is 12.4. The van der Waals surface area contributed by atoms with E-state index in [9.17, 15) is 4.79 Å². The first-order valence-electron chi connectivity index (χ1n) is 7.43. The number of aryl methyl sites for hydroxylation is 1. The molecule has 1 saturated heterocycles. The fraction of sp³-hybridized carbons (Fsp3) is 0.353. The number of fused-ring (bicyclic) bond motifs is 1. The third-order valence-electron chi connectivity index (χ3n) is 4.09. The molecular formula is C17H17NO3S. The number of rotatable bonds is 3. The van der Waals surface area contributed by atoms with Crippen LogP contribution in [-0.4, -0.2) is 23.2 Å². The van der Waals surface area contributed by atoms with Gasteiger partial charge in [0.15, 0.2) is 0 Å². The Kier molecular flexibility index (Phi) is 3.37. The van der Waals surface area contributed by atoms with Crippen LogP contribution in [0.25, 0.3) is 0 Å². The molecule has 3 heterocycles. The minimum atomic E-state index is 0.0591. The quantitative estimate of drug-likeness (QED) is 0.871. The van der Waals surface area contributed by atoms with Crippen molar-refractivity contribution >= 4 is 17.7 Å². The van der Waals surface area contributed by atoms with Gasteiger partial charge in [-0.2, -0.15) is 0 Å². The number of hydrogen-bond donors (Lipinski definition) is 0. The molecule has 1 aromatic carbocycles. The molecule has 4 rings (SSSR count). The molecule has 2 aliphatic heterocycles. The van der Waals surface area contributed by atoms with Gasteiger partial charge in [-0.1, -0.05) is 6.07 Å². The van der Waals surface area contributed by atoms with Gasteiger partial charge in [-0.05, 0) is 42.3 Å². The standard InChI is InChI=1S/C17H17NO3S/c1-11-2-4-14(21-11)9-18-16(19)10-22-17(18)13-3-5-15-12(8-13)6-7-20-15/h2-5,8,17H,6-7,9-10H2,1H3. The molecule has 1 amide bonds. The minimum absolute atomic E-state index is 0.0591. The highest BCUT2D eigenvalue weighted by Crippen LogP contribution is 2.41. The van der Waals surface area contributed by atoms with Gasteiger partial charge in [-0.3, -0.25) is 4.79 Å². The highest BCUT2D eigenvalue weighted by molar-refractivity contribution is 8.00. The van der Waals surface area contributed by atoms with Crippen molar-refractivity contribution in [3.8, 4) is 5.75 Å². The highest BCUT2D eigenvalue weighted by Gasteiger charge is 2.34. The predicted octanol–water partition coefficient (Wildman–Crippen LogP) is 3.30. The molecule has 2 aromatic rings. The number of carbonyl (C=O) groups excluding carboxylic acids is 1. The van der Waals surface area contributed by atoms with Crippen molar-refractivity contribution in [2.45, 2.75) is 25.3 Å². The molecule has 0 radical (unpaired) electrons. The Labute approximate surface area is 133 Å². The van der Waals surface area contributed by atoms with E-state index in [1.54, 1.807) is 11.8 Å². The van der Waals surface area contributed by atoms with Crippen LogP contribution >= 0.6 is 11.8 Å². The van der Waals surface area contributed by atoms with Crippen LogP contribution in [0.2, 0.25) is 0 Å². The second kappa shape index (κ2) is 5.39. The maximum Gasteiger partial charge on any atom is 0.234 e. The molecule has 22 heavy (non-hydrogen) atoms. The van der Waals surface area contributed by atoms with E-state index in [4.69, 9.17) is 9.15 Å². The van der Waals surface area contributed by atoms with E-state index >= 15 is 0 Å². The lowest BCUT2D eigenvalue weighted by Gasteiger charge is -2.23. The first-order valence-corrected chi connectivity index (χ1v) is 8.47. The van der Waals surface area contributed by atoms with Crippen LogP contribution in [-0.2, 0) is 17.8 Å². The Balaban J connectivity index is 1.61. The van der Waals surface area contributed by atoms with E-state index in [0.29, 0.717) is 12.3 Å². The summed E-state index contributed by atoms with van der Waals surface area (Å²) in [5.41, 5.74) is 2.41. The van der Waals surface area contributed by atoms with Gasteiger partial charge in [0.1, 0.15) is 22.6 Å². The Morgan fingerprint density at radius 3 is 3.05 bits per heavy atom. The maximum absolute atomic E-state index is 12.2. The minimum Gasteiger partial charge on any atom is -0.493 e. The Morgan fingerprint density at radius 1 is 1.32 bits per heavy atom. The molecule has 2 aliphatic rings. The van der Waals surface area contributed by atoms with Crippen LogP contribution in [0.15, 0.2) is 34.7 Å². The van der Waals surface area contributed by atoms with E-state index < -0.39 is 0 Å². The second-order valence-corrected chi connectivity index (χ2v) is 6.73. The highest BCUT2D eigenvalue weighted by atomic mass is 32.2. The summed E-state index contributed by atoms with van der Waals surface area (Å²) in [6.07, 6.45) is 0.950.